The van der Waals surface area contributed by atoms with Gasteiger partial charge in [0.05, 0.1) is 5.56 Å². The fourth-order valence-corrected chi connectivity index (χ4v) is 1.36. The number of carboxylic acid groups (broad SMARTS) is 1. The largest absolute Gasteiger partial charge is 0.477 e. The second-order valence-corrected chi connectivity index (χ2v) is 3.43. The minimum atomic E-state index is -1.29. The monoisotopic (exact) mass is 252 g/mol. The maximum absolute atomic E-state index is 13.3. The first-order valence-corrected chi connectivity index (χ1v) is 4.77. The fraction of sp³-hybridized carbons (Fsp3) is 0. The summed E-state index contributed by atoms with van der Waals surface area (Å²) in [5.74, 6) is -3.95. The van der Waals surface area contributed by atoms with E-state index in [-0.39, 0.29) is 17.0 Å². The molecule has 5 nitrogen and oxygen atoms in total. The van der Waals surface area contributed by atoms with Crippen LogP contribution in [0.1, 0.15) is 26.5 Å². The van der Waals surface area contributed by atoms with Gasteiger partial charge in [-0.3, -0.25) is 9.89 Å². The van der Waals surface area contributed by atoms with Crippen LogP contribution in [-0.2, 0) is 0 Å². The van der Waals surface area contributed by atoms with E-state index in [1.54, 1.807) is 0 Å². The molecule has 2 N–H and O–H groups in total. The average molecular weight is 252 g/mol. The van der Waals surface area contributed by atoms with E-state index < -0.39 is 23.4 Å². The van der Waals surface area contributed by atoms with Gasteiger partial charge in [0, 0.05) is 12.1 Å². The van der Waals surface area contributed by atoms with Crippen LogP contribution in [0.25, 0.3) is 0 Å². The number of H-pyrrole nitrogens is 1. The summed E-state index contributed by atoms with van der Waals surface area (Å²) in [6.45, 7) is 0. The van der Waals surface area contributed by atoms with Crippen molar-refractivity contribution in [2.45, 2.75) is 0 Å². The molecule has 0 aliphatic carbocycles. The summed E-state index contributed by atoms with van der Waals surface area (Å²) < 4.78 is 26.0. The molecule has 7 heteroatoms. The predicted molar refractivity (Wildman–Crippen MR) is 55.3 cm³/mol. The third-order valence-electron chi connectivity index (χ3n) is 2.22. The summed E-state index contributed by atoms with van der Waals surface area (Å²) in [4.78, 5) is 22.4. The molecule has 18 heavy (non-hydrogen) atoms. The highest BCUT2D eigenvalue weighted by Gasteiger charge is 2.19. The van der Waals surface area contributed by atoms with Gasteiger partial charge in [-0.15, -0.1) is 0 Å². The number of aromatic amines is 1. The van der Waals surface area contributed by atoms with E-state index in [1.165, 1.54) is 0 Å². The first-order valence-electron chi connectivity index (χ1n) is 4.77. The molecule has 0 fully saturated rings. The van der Waals surface area contributed by atoms with Gasteiger partial charge in [-0.05, 0) is 12.1 Å². The van der Waals surface area contributed by atoms with Crippen LogP contribution in [-0.4, -0.2) is 27.1 Å². The number of aromatic carboxylic acids is 1. The predicted octanol–water partition coefficient (Wildman–Crippen LogP) is 1.62. The number of carbonyl (C=O) groups is 2. The highest BCUT2D eigenvalue weighted by Crippen LogP contribution is 2.14. The molecule has 1 aromatic carbocycles. The summed E-state index contributed by atoms with van der Waals surface area (Å²) in [5, 5.41) is 14.2. The Labute approximate surface area is 99.1 Å². The highest BCUT2D eigenvalue weighted by molar-refractivity contribution is 6.08. The van der Waals surface area contributed by atoms with E-state index in [9.17, 15) is 18.4 Å². The number of hydrogen-bond donors (Lipinski definition) is 2. The number of nitrogens with zero attached hydrogens (tertiary/aromatic N) is 1. The van der Waals surface area contributed by atoms with Gasteiger partial charge in [0.1, 0.15) is 23.0 Å². The van der Waals surface area contributed by atoms with E-state index in [0.29, 0.717) is 6.07 Å². The number of carboxylic acids is 1. The Morgan fingerprint density at radius 1 is 1.22 bits per heavy atom. The van der Waals surface area contributed by atoms with Crippen molar-refractivity contribution in [2.75, 3.05) is 0 Å². The lowest BCUT2D eigenvalue weighted by Gasteiger charge is -1.99. The Hall–Kier alpha value is -2.57. The summed E-state index contributed by atoms with van der Waals surface area (Å²) in [5.41, 5.74) is -0.918. The number of carbonyl (C=O) groups excluding carboxylic acids is 1. The normalized spacial score (nSPS) is 10.3. The third-order valence-corrected chi connectivity index (χ3v) is 2.22. The van der Waals surface area contributed by atoms with E-state index in [4.69, 9.17) is 5.11 Å². The lowest BCUT2D eigenvalue weighted by molar-refractivity contribution is 0.0690. The van der Waals surface area contributed by atoms with Crippen LogP contribution in [0.3, 0.4) is 0 Å². The van der Waals surface area contributed by atoms with Gasteiger partial charge in [0.25, 0.3) is 0 Å². The second kappa shape index (κ2) is 4.36. The summed E-state index contributed by atoms with van der Waals surface area (Å²) in [6, 6.07) is 3.45. The molecule has 0 saturated carbocycles. The van der Waals surface area contributed by atoms with Crippen LogP contribution in [0.2, 0.25) is 0 Å². The van der Waals surface area contributed by atoms with Gasteiger partial charge in [0.15, 0.2) is 0 Å². The molecule has 0 saturated heterocycles. The smallest absolute Gasteiger partial charge is 0.353 e. The highest BCUT2D eigenvalue weighted by atomic mass is 19.1. The van der Waals surface area contributed by atoms with E-state index >= 15 is 0 Å². The molecule has 2 rings (SSSR count). The Balaban J connectivity index is 2.38. The summed E-state index contributed by atoms with van der Waals surface area (Å²) >= 11 is 0. The molecule has 1 heterocycles. The molecule has 92 valence electrons. The van der Waals surface area contributed by atoms with Crippen molar-refractivity contribution in [1.29, 1.82) is 0 Å². The zero-order valence-corrected chi connectivity index (χ0v) is 8.78. The Morgan fingerprint density at radius 3 is 2.50 bits per heavy atom. The molecule has 0 aliphatic heterocycles. The van der Waals surface area contributed by atoms with Crippen molar-refractivity contribution in [2.24, 2.45) is 0 Å². The summed E-state index contributed by atoms with van der Waals surface area (Å²) in [6.07, 6.45) is 0. The first kappa shape index (κ1) is 11.9. The number of nitrogens with one attached hydrogen (secondary N) is 1. The van der Waals surface area contributed by atoms with Crippen LogP contribution < -0.4 is 0 Å². The molecule has 0 radical (unpaired) electrons. The number of aromatic nitrogens is 2. The van der Waals surface area contributed by atoms with Gasteiger partial charge in [-0.1, -0.05) is 0 Å². The quantitative estimate of drug-likeness (QED) is 0.813. The molecule has 0 atom stereocenters. The van der Waals surface area contributed by atoms with Gasteiger partial charge in [-0.2, -0.15) is 5.10 Å². The maximum Gasteiger partial charge on any atom is 0.353 e. The van der Waals surface area contributed by atoms with Gasteiger partial charge in [0.2, 0.25) is 5.78 Å². The van der Waals surface area contributed by atoms with E-state index in [0.717, 1.165) is 18.2 Å². The van der Waals surface area contributed by atoms with Crippen molar-refractivity contribution in [3.05, 3.63) is 52.9 Å². The molecule has 1 aromatic heterocycles. The lowest BCUT2D eigenvalue weighted by atomic mass is 10.1. The van der Waals surface area contributed by atoms with Crippen LogP contribution >= 0.6 is 0 Å². The number of halogens is 2. The molecular weight excluding hydrogens is 246 g/mol. The van der Waals surface area contributed by atoms with Gasteiger partial charge < -0.3 is 5.11 Å². The van der Waals surface area contributed by atoms with Crippen LogP contribution in [0.4, 0.5) is 8.78 Å². The molecule has 0 aliphatic rings. The van der Waals surface area contributed by atoms with Crippen LogP contribution in [0.15, 0.2) is 24.3 Å². The van der Waals surface area contributed by atoms with Crippen molar-refractivity contribution in [3.63, 3.8) is 0 Å². The number of benzene rings is 1. The number of hydrogen-bond acceptors (Lipinski definition) is 3. The van der Waals surface area contributed by atoms with E-state index in [2.05, 4.69) is 10.2 Å². The average Bonchev–Trinajstić information content (AvgIpc) is 2.77. The Morgan fingerprint density at radius 2 is 1.94 bits per heavy atom. The second-order valence-electron chi connectivity index (χ2n) is 3.43. The van der Waals surface area contributed by atoms with Crippen LogP contribution in [0, 0.1) is 11.6 Å². The zero-order valence-electron chi connectivity index (χ0n) is 8.78. The van der Waals surface area contributed by atoms with Crippen molar-refractivity contribution >= 4 is 11.8 Å². The molecule has 0 bridgehead atoms. The topological polar surface area (TPSA) is 83.0 Å². The zero-order chi connectivity index (χ0) is 13.3. The first-order chi connectivity index (χ1) is 8.49. The summed E-state index contributed by atoms with van der Waals surface area (Å²) in [7, 11) is 0. The standard InChI is InChI=1S/C11H6F2N2O3/c12-5-1-2-6(7(13)3-5)10(16)8-4-9(11(17)18)15-14-8/h1-4H,(H,14,15)(H,17,18). The Kier molecular flexibility index (Phi) is 2.88. The molecule has 2 aromatic rings. The molecule has 0 spiro atoms. The number of ketones is 1. The molecule has 0 amide bonds. The SMILES string of the molecule is O=C(O)c1cc(C(=O)c2ccc(F)cc2F)n[nH]1. The van der Waals surface area contributed by atoms with Crippen molar-refractivity contribution in [1.82, 2.24) is 10.2 Å². The van der Waals surface area contributed by atoms with Crippen molar-refractivity contribution in [3.8, 4) is 0 Å². The molecular formula is C11H6F2N2O3. The minimum absolute atomic E-state index is 0.252. The van der Waals surface area contributed by atoms with Gasteiger partial charge >= 0.3 is 5.97 Å². The molecule has 0 unspecified atom stereocenters. The number of rotatable bonds is 3. The van der Waals surface area contributed by atoms with E-state index in [1.807, 2.05) is 0 Å². The fourth-order valence-electron chi connectivity index (χ4n) is 1.36. The van der Waals surface area contributed by atoms with Gasteiger partial charge in [-0.25, -0.2) is 13.6 Å². The minimum Gasteiger partial charge on any atom is -0.477 e. The lowest BCUT2D eigenvalue weighted by Crippen LogP contribution is -2.05. The third kappa shape index (κ3) is 2.10. The maximum atomic E-state index is 13.3. The Bertz CT molecular complexity index is 637. The van der Waals surface area contributed by atoms with Crippen molar-refractivity contribution < 1.29 is 23.5 Å². The van der Waals surface area contributed by atoms with Crippen LogP contribution in [0.5, 0.6) is 0 Å².